The molecule has 4 heteroatoms. The van der Waals surface area contributed by atoms with Crippen LogP contribution in [0.4, 0.5) is 0 Å². The molecule has 0 fully saturated rings. The zero-order valence-corrected chi connectivity index (χ0v) is 12.3. The number of hydrogen-bond donors (Lipinski definition) is 1. The summed E-state index contributed by atoms with van der Waals surface area (Å²) in [5.41, 5.74) is 9.02. The van der Waals surface area contributed by atoms with Crippen molar-refractivity contribution in [1.82, 2.24) is 4.90 Å². The van der Waals surface area contributed by atoms with Gasteiger partial charge in [-0.05, 0) is 11.1 Å². The molecular weight excluding hydrogens is 272 g/mol. The molecular formula is C18H18N4. The first-order valence-corrected chi connectivity index (χ1v) is 7.21. The normalized spacial score (nSPS) is 14.8. The number of nitrogens with two attached hydrogens (primary N) is 1. The highest BCUT2D eigenvalue weighted by molar-refractivity contribution is 5.80. The molecule has 0 spiro atoms. The summed E-state index contributed by atoms with van der Waals surface area (Å²) in [6, 6.07) is 20.3. The van der Waals surface area contributed by atoms with Gasteiger partial charge >= 0.3 is 0 Å². The third-order valence-electron chi connectivity index (χ3n) is 3.41. The fourth-order valence-electron chi connectivity index (χ4n) is 2.25. The number of nitrogens with zero attached hydrogens (tertiary/aromatic N) is 3. The van der Waals surface area contributed by atoms with E-state index in [0.717, 1.165) is 17.8 Å². The van der Waals surface area contributed by atoms with Crippen LogP contribution >= 0.6 is 0 Å². The molecule has 3 rings (SSSR count). The van der Waals surface area contributed by atoms with Gasteiger partial charge in [0.2, 0.25) is 0 Å². The van der Waals surface area contributed by atoms with Crippen LogP contribution in [-0.2, 0) is 6.54 Å². The molecule has 1 aliphatic heterocycles. The minimum atomic E-state index is 0.483. The first kappa shape index (κ1) is 14.1. The first-order valence-electron chi connectivity index (χ1n) is 7.21. The molecule has 110 valence electrons. The predicted molar refractivity (Wildman–Crippen MR) is 90.6 cm³/mol. The Morgan fingerprint density at radius 3 is 2.45 bits per heavy atom. The van der Waals surface area contributed by atoms with Gasteiger partial charge in [0.25, 0.3) is 0 Å². The number of benzene rings is 2. The van der Waals surface area contributed by atoms with E-state index in [1.54, 1.807) is 6.34 Å². The molecule has 22 heavy (non-hydrogen) atoms. The molecule has 2 aromatic carbocycles. The van der Waals surface area contributed by atoms with Crippen molar-refractivity contribution in [3.63, 3.8) is 0 Å². The predicted octanol–water partition coefficient (Wildman–Crippen LogP) is 2.78. The Morgan fingerprint density at radius 2 is 1.73 bits per heavy atom. The quantitative estimate of drug-likeness (QED) is 0.880. The lowest BCUT2D eigenvalue weighted by atomic mass is 10.2. The Bertz CT molecular complexity index is 702. The largest absolute Gasteiger partial charge is 0.382 e. The molecule has 2 aromatic rings. The van der Waals surface area contributed by atoms with Crippen LogP contribution in [0.3, 0.4) is 0 Å². The molecule has 1 heterocycles. The standard InChI is InChI=1S/C18H18N4/c19-18-17(20-11-15-7-3-1-4-8-15)13-22(14-21-18)12-16-9-5-2-6-10-16/h1-11,14H,12-13,19H2. The van der Waals surface area contributed by atoms with E-state index in [4.69, 9.17) is 5.73 Å². The minimum absolute atomic E-state index is 0.483. The molecule has 0 amide bonds. The number of hydrogen-bond acceptors (Lipinski definition) is 4. The molecule has 2 N–H and O–H groups in total. The Labute approximate surface area is 130 Å². The van der Waals surface area contributed by atoms with Crippen molar-refractivity contribution in [3.05, 3.63) is 83.3 Å². The number of aliphatic imine (C=N–C) groups is 2. The van der Waals surface area contributed by atoms with E-state index in [2.05, 4.69) is 27.0 Å². The third kappa shape index (κ3) is 3.61. The van der Waals surface area contributed by atoms with Gasteiger partial charge < -0.3 is 10.6 Å². The van der Waals surface area contributed by atoms with Gasteiger partial charge in [-0.1, -0.05) is 60.7 Å². The van der Waals surface area contributed by atoms with E-state index in [-0.39, 0.29) is 0 Å². The highest BCUT2D eigenvalue weighted by Gasteiger charge is 2.12. The molecule has 0 saturated carbocycles. The Hall–Kier alpha value is -2.88. The van der Waals surface area contributed by atoms with Crippen LogP contribution in [0.25, 0.3) is 0 Å². The Kier molecular flexibility index (Phi) is 4.30. The lowest BCUT2D eigenvalue weighted by Gasteiger charge is -2.23. The molecule has 0 bridgehead atoms. The minimum Gasteiger partial charge on any atom is -0.382 e. The zero-order valence-electron chi connectivity index (χ0n) is 12.3. The maximum atomic E-state index is 5.94. The maximum absolute atomic E-state index is 5.94. The van der Waals surface area contributed by atoms with Gasteiger partial charge in [-0.3, -0.25) is 4.99 Å². The van der Waals surface area contributed by atoms with E-state index in [9.17, 15) is 0 Å². The van der Waals surface area contributed by atoms with Crippen LogP contribution < -0.4 is 5.73 Å². The van der Waals surface area contributed by atoms with E-state index >= 15 is 0 Å². The monoisotopic (exact) mass is 290 g/mol. The van der Waals surface area contributed by atoms with E-state index < -0.39 is 0 Å². The SMILES string of the molecule is NC1=C(N=Cc2ccccc2)CN(Cc2ccccc2)C=N1. The van der Waals surface area contributed by atoms with Gasteiger partial charge in [0.15, 0.2) is 0 Å². The fourth-order valence-corrected chi connectivity index (χ4v) is 2.25. The third-order valence-corrected chi connectivity index (χ3v) is 3.41. The molecule has 0 aliphatic carbocycles. The van der Waals surface area contributed by atoms with Crippen molar-refractivity contribution >= 4 is 12.6 Å². The molecule has 4 nitrogen and oxygen atoms in total. The van der Waals surface area contributed by atoms with E-state index in [1.165, 1.54) is 5.56 Å². The second-order valence-corrected chi connectivity index (χ2v) is 5.14. The van der Waals surface area contributed by atoms with E-state index in [1.807, 2.05) is 54.7 Å². The summed E-state index contributed by atoms with van der Waals surface area (Å²) in [6.07, 6.45) is 3.60. The Morgan fingerprint density at radius 1 is 1.05 bits per heavy atom. The van der Waals surface area contributed by atoms with Crippen molar-refractivity contribution in [1.29, 1.82) is 0 Å². The van der Waals surface area contributed by atoms with Crippen molar-refractivity contribution in [3.8, 4) is 0 Å². The topological polar surface area (TPSA) is 54.0 Å². The maximum Gasteiger partial charge on any atom is 0.148 e. The van der Waals surface area contributed by atoms with Crippen LogP contribution in [0.15, 0.2) is 82.2 Å². The number of rotatable bonds is 4. The summed E-state index contributed by atoms with van der Waals surface area (Å²) < 4.78 is 0. The van der Waals surface area contributed by atoms with Crippen molar-refractivity contribution in [2.24, 2.45) is 15.7 Å². The van der Waals surface area contributed by atoms with Crippen molar-refractivity contribution in [2.45, 2.75) is 6.54 Å². The van der Waals surface area contributed by atoms with Gasteiger partial charge in [-0.25, -0.2) is 4.99 Å². The second-order valence-electron chi connectivity index (χ2n) is 5.14. The lowest BCUT2D eigenvalue weighted by Crippen LogP contribution is -2.28. The van der Waals surface area contributed by atoms with Gasteiger partial charge in [0.05, 0.1) is 12.9 Å². The van der Waals surface area contributed by atoms with E-state index in [0.29, 0.717) is 12.4 Å². The second kappa shape index (κ2) is 6.72. The zero-order chi connectivity index (χ0) is 15.2. The molecule has 0 unspecified atom stereocenters. The van der Waals surface area contributed by atoms with Gasteiger partial charge in [-0.2, -0.15) is 0 Å². The molecule has 1 aliphatic rings. The van der Waals surface area contributed by atoms with Gasteiger partial charge in [0, 0.05) is 12.8 Å². The summed E-state index contributed by atoms with van der Waals surface area (Å²) in [5.74, 6) is 0.483. The summed E-state index contributed by atoms with van der Waals surface area (Å²) in [7, 11) is 0. The molecule has 0 atom stereocenters. The summed E-state index contributed by atoms with van der Waals surface area (Å²) in [6.45, 7) is 1.45. The van der Waals surface area contributed by atoms with Crippen LogP contribution in [0.2, 0.25) is 0 Å². The highest BCUT2D eigenvalue weighted by Crippen LogP contribution is 2.13. The Balaban J connectivity index is 1.69. The summed E-state index contributed by atoms with van der Waals surface area (Å²) in [5, 5.41) is 0. The van der Waals surface area contributed by atoms with Gasteiger partial charge in [-0.15, -0.1) is 0 Å². The average molecular weight is 290 g/mol. The van der Waals surface area contributed by atoms with Gasteiger partial charge in [0.1, 0.15) is 11.5 Å². The molecule has 0 aromatic heterocycles. The summed E-state index contributed by atoms with van der Waals surface area (Å²) >= 11 is 0. The van der Waals surface area contributed by atoms with Crippen LogP contribution in [0.5, 0.6) is 0 Å². The molecule has 0 radical (unpaired) electrons. The first-order chi connectivity index (χ1) is 10.8. The lowest BCUT2D eigenvalue weighted by molar-refractivity contribution is 0.448. The fraction of sp³-hybridized carbons (Fsp3) is 0.111. The average Bonchev–Trinajstić information content (AvgIpc) is 2.57. The molecule has 0 saturated heterocycles. The van der Waals surface area contributed by atoms with Crippen LogP contribution in [0.1, 0.15) is 11.1 Å². The van der Waals surface area contributed by atoms with Crippen molar-refractivity contribution < 1.29 is 0 Å². The highest BCUT2D eigenvalue weighted by atomic mass is 15.2. The summed E-state index contributed by atoms with van der Waals surface area (Å²) in [4.78, 5) is 10.8. The smallest absolute Gasteiger partial charge is 0.148 e. The van der Waals surface area contributed by atoms with Crippen LogP contribution in [-0.4, -0.2) is 24.0 Å². The van der Waals surface area contributed by atoms with Crippen molar-refractivity contribution in [2.75, 3.05) is 6.54 Å². The van der Waals surface area contributed by atoms with Crippen LogP contribution in [0, 0.1) is 0 Å².